The lowest BCUT2D eigenvalue weighted by Crippen LogP contribution is -2.48. The number of benzene rings is 2. The van der Waals surface area contributed by atoms with Gasteiger partial charge in [0, 0.05) is 83.7 Å². The van der Waals surface area contributed by atoms with Crippen molar-refractivity contribution in [3.63, 3.8) is 0 Å². The number of β-amino-alcohol motifs (C(OH)–C–C–N with tert-alkyl or cyclic N) is 1. The summed E-state index contributed by atoms with van der Waals surface area (Å²) in [7, 11) is 8.18. The molecule has 29 heavy (non-hydrogen) atoms. The molecule has 3 rings (SSSR count). The van der Waals surface area contributed by atoms with Crippen molar-refractivity contribution < 1.29 is 5.11 Å². The number of anilines is 4. The van der Waals surface area contributed by atoms with E-state index in [1.165, 1.54) is 0 Å². The predicted octanol–water partition coefficient (Wildman–Crippen LogP) is 2.22. The van der Waals surface area contributed by atoms with Gasteiger partial charge in [0.1, 0.15) is 0 Å². The van der Waals surface area contributed by atoms with E-state index < -0.39 is 6.10 Å². The maximum Gasteiger partial charge on any atom is 0.0845 e. The van der Waals surface area contributed by atoms with Crippen LogP contribution in [0.5, 0.6) is 0 Å². The first-order valence-electron chi connectivity index (χ1n) is 10.4. The molecule has 0 spiro atoms. The zero-order valence-electron chi connectivity index (χ0n) is 18.2. The second-order valence-corrected chi connectivity index (χ2v) is 8.14. The molecule has 158 valence electrons. The van der Waals surface area contributed by atoms with Crippen molar-refractivity contribution in [2.75, 3.05) is 82.2 Å². The molecular weight excluding hydrogens is 362 g/mol. The lowest BCUT2D eigenvalue weighted by molar-refractivity contribution is 0.111. The topological polar surface area (TPSA) is 45.2 Å². The standard InChI is InChI=1S/C23H35N5O/c1-25(2)19-5-9-21(10-6-19)28(22-11-7-20(8-12-22)26(3)4)18-23(29)17-27-15-13-24-14-16-27/h5-12,23-24,29H,13-18H2,1-4H3. The fraction of sp³-hybridized carbons (Fsp3) is 0.478. The van der Waals surface area contributed by atoms with E-state index >= 15 is 0 Å². The van der Waals surface area contributed by atoms with Crippen LogP contribution in [0.1, 0.15) is 0 Å². The zero-order valence-corrected chi connectivity index (χ0v) is 18.2. The molecular formula is C23H35N5O. The minimum absolute atomic E-state index is 0.421. The Balaban J connectivity index is 1.80. The summed E-state index contributed by atoms with van der Waals surface area (Å²) in [6.07, 6.45) is -0.421. The monoisotopic (exact) mass is 397 g/mol. The average Bonchev–Trinajstić information content (AvgIpc) is 2.73. The van der Waals surface area contributed by atoms with Crippen LogP contribution in [-0.2, 0) is 0 Å². The van der Waals surface area contributed by atoms with Crippen LogP contribution in [0.15, 0.2) is 48.5 Å². The Labute approximate surface area is 175 Å². The first-order valence-corrected chi connectivity index (χ1v) is 10.4. The van der Waals surface area contributed by atoms with Crippen molar-refractivity contribution >= 4 is 22.7 Å². The summed E-state index contributed by atoms with van der Waals surface area (Å²) in [6.45, 7) is 5.23. The minimum Gasteiger partial charge on any atom is -0.390 e. The van der Waals surface area contributed by atoms with E-state index in [1.807, 2.05) is 28.2 Å². The summed E-state index contributed by atoms with van der Waals surface area (Å²) in [4.78, 5) is 8.74. The van der Waals surface area contributed by atoms with Gasteiger partial charge in [-0.3, -0.25) is 4.90 Å². The summed E-state index contributed by atoms with van der Waals surface area (Å²) in [5.74, 6) is 0. The maximum atomic E-state index is 10.9. The molecule has 0 aliphatic carbocycles. The van der Waals surface area contributed by atoms with E-state index in [0.29, 0.717) is 13.1 Å². The molecule has 1 atom stereocenters. The number of nitrogens with one attached hydrogen (secondary N) is 1. The molecule has 1 heterocycles. The highest BCUT2D eigenvalue weighted by Gasteiger charge is 2.19. The van der Waals surface area contributed by atoms with Crippen LogP contribution >= 0.6 is 0 Å². The third-order valence-electron chi connectivity index (χ3n) is 5.43. The van der Waals surface area contributed by atoms with E-state index in [0.717, 1.165) is 48.9 Å². The quantitative estimate of drug-likeness (QED) is 0.712. The molecule has 2 N–H and O–H groups in total. The Morgan fingerprint density at radius 1 is 0.793 bits per heavy atom. The van der Waals surface area contributed by atoms with E-state index in [9.17, 15) is 5.11 Å². The molecule has 0 amide bonds. The van der Waals surface area contributed by atoms with E-state index in [1.54, 1.807) is 0 Å². The lowest BCUT2D eigenvalue weighted by atomic mass is 10.1. The van der Waals surface area contributed by atoms with Gasteiger partial charge in [-0.1, -0.05) is 0 Å². The van der Waals surface area contributed by atoms with Gasteiger partial charge in [0.2, 0.25) is 0 Å². The van der Waals surface area contributed by atoms with Crippen molar-refractivity contribution in [3.05, 3.63) is 48.5 Å². The highest BCUT2D eigenvalue weighted by Crippen LogP contribution is 2.29. The van der Waals surface area contributed by atoms with Crippen LogP contribution in [0.4, 0.5) is 22.7 Å². The number of nitrogens with zero attached hydrogens (tertiary/aromatic N) is 4. The molecule has 6 heteroatoms. The van der Waals surface area contributed by atoms with Crippen molar-refractivity contribution in [2.45, 2.75) is 6.10 Å². The van der Waals surface area contributed by atoms with E-state index in [-0.39, 0.29) is 0 Å². The van der Waals surface area contributed by atoms with Crippen LogP contribution in [0, 0.1) is 0 Å². The van der Waals surface area contributed by atoms with Gasteiger partial charge in [0.25, 0.3) is 0 Å². The van der Waals surface area contributed by atoms with Gasteiger partial charge in [0.05, 0.1) is 12.6 Å². The fourth-order valence-corrected chi connectivity index (χ4v) is 3.68. The predicted molar refractivity (Wildman–Crippen MR) is 124 cm³/mol. The van der Waals surface area contributed by atoms with Crippen molar-refractivity contribution in [3.8, 4) is 0 Å². The number of hydrogen-bond donors (Lipinski definition) is 2. The van der Waals surface area contributed by atoms with Crippen LogP contribution in [-0.4, -0.2) is 83.6 Å². The number of piperazine rings is 1. The lowest BCUT2D eigenvalue weighted by Gasteiger charge is -2.32. The molecule has 1 saturated heterocycles. The molecule has 1 aliphatic rings. The van der Waals surface area contributed by atoms with Gasteiger partial charge >= 0.3 is 0 Å². The smallest absolute Gasteiger partial charge is 0.0845 e. The molecule has 1 unspecified atom stereocenters. The highest BCUT2D eigenvalue weighted by molar-refractivity contribution is 5.67. The average molecular weight is 398 g/mol. The molecule has 0 bridgehead atoms. The Kier molecular flexibility index (Phi) is 7.36. The van der Waals surface area contributed by atoms with Gasteiger partial charge in [-0.15, -0.1) is 0 Å². The molecule has 2 aromatic rings. The minimum atomic E-state index is -0.421. The molecule has 0 radical (unpaired) electrons. The van der Waals surface area contributed by atoms with Gasteiger partial charge in [-0.05, 0) is 48.5 Å². The van der Waals surface area contributed by atoms with Gasteiger partial charge in [-0.25, -0.2) is 0 Å². The summed E-state index contributed by atoms with van der Waals surface area (Å²) < 4.78 is 0. The van der Waals surface area contributed by atoms with Gasteiger partial charge in [-0.2, -0.15) is 0 Å². The van der Waals surface area contributed by atoms with E-state index in [2.05, 4.69) is 73.4 Å². The SMILES string of the molecule is CN(C)c1ccc(N(CC(O)CN2CCNCC2)c2ccc(N(C)C)cc2)cc1. The normalized spacial score (nSPS) is 15.8. The summed E-state index contributed by atoms with van der Waals surface area (Å²) >= 11 is 0. The van der Waals surface area contributed by atoms with Crippen molar-refractivity contribution in [1.29, 1.82) is 0 Å². The largest absolute Gasteiger partial charge is 0.390 e. The van der Waals surface area contributed by atoms with Crippen molar-refractivity contribution in [1.82, 2.24) is 10.2 Å². The van der Waals surface area contributed by atoms with Crippen molar-refractivity contribution in [2.24, 2.45) is 0 Å². The zero-order chi connectivity index (χ0) is 20.8. The number of aliphatic hydroxyl groups excluding tert-OH is 1. The van der Waals surface area contributed by atoms with Crippen LogP contribution in [0.25, 0.3) is 0 Å². The number of aliphatic hydroxyl groups is 1. The van der Waals surface area contributed by atoms with Gasteiger partial charge in [0.15, 0.2) is 0 Å². The Morgan fingerprint density at radius 2 is 1.21 bits per heavy atom. The molecule has 6 nitrogen and oxygen atoms in total. The molecule has 1 aliphatic heterocycles. The van der Waals surface area contributed by atoms with Crippen LogP contribution in [0.3, 0.4) is 0 Å². The summed E-state index contributed by atoms with van der Waals surface area (Å²) in [5.41, 5.74) is 4.51. The molecule has 1 fully saturated rings. The number of rotatable bonds is 8. The third kappa shape index (κ3) is 5.85. The van der Waals surface area contributed by atoms with E-state index in [4.69, 9.17) is 0 Å². The Morgan fingerprint density at radius 3 is 1.62 bits per heavy atom. The second-order valence-electron chi connectivity index (χ2n) is 8.14. The maximum absolute atomic E-state index is 10.9. The Hall–Kier alpha value is -2.28. The first-order chi connectivity index (χ1) is 13.9. The molecule has 0 saturated carbocycles. The fourth-order valence-electron chi connectivity index (χ4n) is 3.68. The number of hydrogen-bond acceptors (Lipinski definition) is 6. The summed E-state index contributed by atoms with van der Waals surface area (Å²) in [5, 5.41) is 14.2. The third-order valence-corrected chi connectivity index (χ3v) is 5.43. The van der Waals surface area contributed by atoms with Crippen LogP contribution in [0.2, 0.25) is 0 Å². The highest BCUT2D eigenvalue weighted by atomic mass is 16.3. The second kappa shape index (κ2) is 9.96. The molecule has 2 aromatic carbocycles. The Bertz CT molecular complexity index is 687. The first kappa shape index (κ1) is 21.4. The summed E-state index contributed by atoms with van der Waals surface area (Å²) in [6, 6.07) is 17.0. The van der Waals surface area contributed by atoms with Gasteiger partial charge < -0.3 is 25.1 Å². The van der Waals surface area contributed by atoms with Crippen LogP contribution < -0.4 is 20.0 Å². The molecule has 0 aromatic heterocycles.